The lowest BCUT2D eigenvalue weighted by Gasteiger charge is -2.27. The minimum Gasteiger partial charge on any atom is -0.507 e. The molecular formula is C30H29NO7. The van der Waals surface area contributed by atoms with Crippen molar-refractivity contribution in [2.75, 3.05) is 25.2 Å². The first kappa shape index (κ1) is 25.2. The summed E-state index contributed by atoms with van der Waals surface area (Å²) in [5.41, 5.74) is 2.72. The standard InChI is InChI=1S/C30H29NO7/c1-4-37-25-16-19(8-12-24(25)36-3)27-26(28(33)20-9-11-23-18(15-20)6-5-13-38-23)29(34)30(35)31(27)21-14-17(2)7-10-22(21)32/h7-12,14-16,27,32-33H,4-6,13H2,1-3H3/b28-26+. The van der Waals surface area contributed by atoms with Crippen LogP contribution < -0.4 is 19.1 Å². The highest BCUT2D eigenvalue weighted by Crippen LogP contribution is 2.46. The number of fused-ring (bicyclic) bond motifs is 1. The van der Waals surface area contributed by atoms with E-state index in [4.69, 9.17) is 14.2 Å². The van der Waals surface area contributed by atoms with Gasteiger partial charge in [-0.05, 0) is 85.8 Å². The first-order valence-corrected chi connectivity index (χ1v) is 12.5. The van der Waals surface area contributed by atoms with Gasteiger partial charge in [0.25, 0.3) is 11.7 Å². The number of hydrogen-bond donors (Lipinski definition) is 2. The topological polar surface area (TPSA) is 106 Å². The molecule has 2 aliphatic rings. The number of aliphatic hydroxyl groups is 1. The third-order valence-electron chi connectivity index (χ3n) is 6.82. The van der Waals surface area contributed by atoms with Crippen LogP contribution in [0.2, 0.25) is 0 Å². The van der Waals surface area contributed by atoms with Crippen molar-refractivity contribution in [1.82, 2.24) is 0 Å². The normalized spacial score (nSPS) is 18.2. The molecule has 1 atom stereocenters. The molecule has 1 unspecified atom stereocenters. The number of aliphatic hydroxyl groups excluding tert-OH is 1. The quantitative estimate of drug-likeness (QED) is 0.269. The maximum atomic E-state index is 13.5. The predicted molar refractivity (Wildman–Crippen MR) is 142 cm³/mol. The molecule has 8 nitrogen and oxygen atoms in total. The molecule has 1 fully saturated rings. The minimum absolute atomic E-state index is 0.0831. The Balaban J connectivity index is 1.73. The van der Waals surface area contributed by atoms with E-state index in [2.05, 4.69) is 0 Å². The van der Waals surface area contributed by atoms with Gasteiger partial charge in [0, 0.05) is 5.56 Å². The van der Waals surface area contributed by atoms with Gasteiger partial charge in [-0.3, -0.25) is 14.5 Å². The van der Waals surface area contributed by atoms with Gasteiger partial charge in [0.1, 0.15) is 17.3 Å². The Morgan fingerprint density at radius 1 is 1.08 bits per heavy atom. The number of ether oxygens (including phenoxy) is 3. The first-order valence-electron chi connectivity index (χ1n) is 12.5. The molecule has 0 bridgehead atoms. The van der Waals surface area contributed by atoms with E-state index in [0.29, 0.717) is 35.8 Å². The molecule has 196 valence electrons. The third kappa shape index (κ3) is 4.32. The van der Waals surface area contributed by atoms with E-state index < -0.39 is 17.7 Å². The van der Waals surface area contributed by atoms with Crippen LogP contribution in [0.5, 0.6) is 23.0 Å². The SMILES string of the molecule is CCOc1cc(C2/C(=C(\O)c3ccc4c(c3)CCCO4)C(=O)C(=O)N2c2cc(C)ccc2O)ccc1OC. The minimum atomic E-state index is -1.03. The van der Waals surface area contributed by atoms with Crippen molar-refractivity contribution < 1.29 is 34.0 Å². The van der Waals surface area contributed by atoms with Gasteiger partial charge in [-0.2, -0.15) is 0 Å². The van der Waals surface area contributed by atoms with Gasteiger partial charge < -0.3 is 24.4 Å². The molecule has 3 aromatic carbocycles. The summed E-state index contributed by atoms with van der Waals surface area (Å²) in [5, 5.41) is 22.2. The lowest BCUT2D eigenvalue weighted by atomic mass is 9.93. The third-order valence-corrected chi connectivity index (χ3v) is 6.82. The van der Waals surface area contributed by atoms with Gasteiger partial charge in [0.05, 0.1) is 37.6 Å². The van der Waals surface area contributed by atoms with E-state index in [0.717, 1.165) is 29.7 Å². The number of benzene rings is 3. The number of Topliss-reactive ketones (excluding diaryl/α,β-unsaturated/α-hetero) is 1. The maximum absolute atomic E-state index is 13.5. The second-order valence-electron chi connectivity index (χ2n) is 9.28. The van der Waals surface area contributed by atoms with Crippen LogP contribution >= 0.6 is 0 Å². The second-order valence-corrected chi connectivity index (χ2v) is 9.28. The Morgan fingerprint density at radius 2 is 1.89 bits per heavy atom. The molecule has 0 radical (unpaired) electrons. The molecular weight excluding hydrogens is 486 g/mol. The average Bonchev–Trinajstić information content (AvgIpc) is 3.19. The van der Waals surface area contributed by atoms with Crippen molar-refractivity contribution in [3.05, 3.63) is 82.4 Å². The van der Waals surface area contributed by atoms with Crippen LogP contribution in [0, 0.1) is 6.92 Å². The first-order chi connectivity index (χ1) is 18.3. The fourth-order valence-electron chi connectivity index (χ4n) is 5.02. The maximum Gasteiger partial charge on any atom is 0.300 e. The van der Waals surface area contributed by atoms with Crippen molar-refractivity contribution >= 4 is 23.1 Å². The Labute approximate surface area is 220 Å². The number of phenolic OH excluding ortho intramolecular Hbond substituents is 1. The van der Waals surface area contributed by atoms with Crippen molar-refractivity contribution in [3.63, 3.8) is 0 Å². The summed E-state index contributed by atoms with van der Waals surface area (Å²) in [6, 6.07) is 14.1. The van der Waals surface area contributed by atoms with Crippen LogP contribution in [-0.4, -0.2) is 42.2 Å². The number of methoxy groups -OCH3 is 1. The van der Waals surface area contributed by atoms with E-state index >= 15 is 0 Å². The predicted octanol–water partition coefficient (Wildman–Crippen LogP) is 5.06. The van der Waals surface area contributed by atoms with Gasteiger partial charge >= 0.3 is 0 Å². The number of aromatic hydroxyl groups is 1. The number of hydrogen-bond acceptors (Lipinski definition) is 7. The van der Waals surface area contributed by atoms with Crippen molar-refractivity contribution in [3.8, 4) is 23.0 Å². The smallest absolute Gasteiger partial charge is 0.300 e. The number of carbonyl (C=O) groups is 2. The molecule has 0 spiro atoms. The summed E-state index contributed by atoms with van der Waals surface area (Å²) < 4.78 is 16.9. The molecule has 2 N–H and O–H groups in total. The lowest BCUT2D eigenvalue weighted by Crippen LogP contribution is -2.29. The van der Waals surface area contributed by atoms with Crippen LogP contribution in [0.15, 0.2) is 60.2 Å². The van der Waals surface area contributed by atoms with Gasteiger partial charge in [0.2, 0.25) is 0 Å². The Kier molecular flexibility index (Phi) is 6.72. The molecule has 3 aromatic rings. The zero-order valence-corrected chi connectivity index (χ0v) is 21.5. The van der Waals surface area contributed by atoms with Crippen LogP contribution in [0.25, 0.3) is 5.76 Å². The second kappa shape index (κ2) is 10.1. The van der Waals surface area contributed by atoms with Gasteiger partial charge in [0.15, 0.2) is 11.5 Å². The van der Waals surface area contributed by atoms with E-state index in [-0.39, 0.29) is 22.8 Å². The summed E-state index contributed by atoms with van der Waals surface area (Å²) in [4.78, 5) is 28.3. The lowest BCUT2D eigenvalue weighted by molar-refractivity contribution is -0.132. The fourth-order valence-corrected chi connectivity index (χ4v) is 5.02. The largest absolute Gasteiger partial charge is 0.507 e. The summed E-state index contributed by atoms with van der Waals surface area (Å²) in [7, 11) is 1.52. The molecule has 0 saturated carbocycles. The van der Waals surface area contributed by atoms with E-state index in [1.807, 2.05) is 13.8 Å². The molecule has 38 heavy (non-hydrogen) atoms. The molecule has 2 aliphatic heterocycles. The monoisotopic (exact) mass is 515 g/mol. The fraction of sp³-hybridized carbons (Fsp3) is 0.267. The van der Waals surface area contributed by atoms with Gasteiger partial charge in [-0.15, -0.1) is 0 Å². The summed E-state index contributed by atoms with van der Waals surface area (Å²) in [6.45, 7) is 4.66. The number of phenols is 1. The molecule has 5 rings (SSSR count). The van der Waals surface area contributed by atoms with Gasteiger partial charge in [-0.1, -0.05) is 12.1 Å². The van der Waals surface area contributed by atoms with Crippen molar-refractivity contribution in [2.45, 2.75) is 32.7 Å². The van der Waals surface area contributed by atoms with Crippen LogP contribution in [0.1, 0.15) is 41.6 Å². The molecule has 1 amide bonds. The average molecular weight is 516 g/mol. The number of ketones is 1. The molecule has 8 heteroatoms. The number of anilines is 1. The number of amides is 1. The Hall–Kier alpha value is -4.46. The van der Waals surface area contributed by atoms with E-state index in [9.17, 15) is 19.8 Å². The van der Waals surface area contributed by atoms with Crippen molar-refractivity contribution in [2.24, 2.45) is 0 Å². The Bertz CT molecular complexity index is 1460. The molecule has 1 saturated heterocycles. The summed E-state index contributed by atoms with van der Waals surface area (Å²) in [6.07, 6.45) is 1.63. The van der Waals surface area contributed by atoms with Crippen LogP contribution in [-0.2, 0) is 16.0 Å². The summed E-state index contributed by atoms with van der Waals surface area (Å²) in [5.74, 6) is -0.509. The highest BCUT2D eigenvalue weighted by atomic mass is 16.5. The zero-order valence-electron chi connectivity index (χ0n) is 21.5. The Morgan fingerprint density at radius 3 is 2.66 bits per heavy atom. The molecule has 2 heterocycles. The molecule has 0 aliphatic carbocycles. The number of aryl methyl sites for hydroxylation is 2. The summed E-state index contributed by atoms with van der Waals surface area (Å²) >= 11 is 0. The number of nitrogens with zero attached hydrogens (tertiary/aromatic N) is 1. The van der Waals surface area contributed by atoms with Crippen LogP contribution in [0.4, 0.5) is 5.69 Å². The van der Waals surface area contributed by atoms with E-state index in [1.54, 1.807) is 48.5 Å². The highest BCUT2D eigenvalue weighted by molar-refractivity contribution is 6.52. The van der Waals surface area contributed by atoms with Crippen molar-refractivity contribution in [1.29, 1.82) is 0 Å². The van der Waals surface area contributed by atoms with Gasteiger partial charge in [-0.25, -0.2) is 0 Å². The number of carbonyl (C=O) groups excluding carboxylic acids is 2. The zero-order chi connectivity index (χ0) is 27.0. The van der Waals surface area contributed by atoms with Crippen LogP contribution in [0.3, 0.4) is 0 Å². The van der Waals surface area contributed by atoms with E-state index in [1.165, 1.54) is 18.1 Å². The molecule has 0 aromatic heterocycles. The highest BCUT2D eigenvalue weighted by Gasteiger charge is 2.48. The number of rotatable bonds is 6.